The fourth-order valence-corrected chi connectivity index (χ4v) is 3.64. The maximum absolute atomic E-state index is 12.1. The first kappa shape index (κ1) is 9.55. The molecule has 0 unspecified atom stereocenters. The van der Waals surface area contributed by atoms with Crippen LogP contribution in [0.5, 0.6) is 0 Å². The number of nitrogens with zero attached hydrogens (tertiary/aromatic N) is 1. The molecule has 2 aliphatic heterocycles. The maximum atomic E-state index is 12.1. The molecule has 78 valence electrons. The number of rotatable bonds is 0. The van der Waals surface area contributed by atoms with E-state index in [1.54, 1.807) is 0 Å². The van der Waals surface area contributed by atoms with Gasteiger partial charge in [0.15, 0.2) is 6.54 Å². The van der Waals surface area contributed by atoms with Crippen LogP contribution in [0.2, 0.25) is 4.34 Å². The van der Waals surface area contributed by atoms with Gasteiger partial charge in [0.2, 0.25) is 5.71 Å². The lowest BCUT2D eigenvalue weighted by Crippen LogP contribution is -2.36. The van der Waals surface area contributed by atoms with Crippen molar-refractivity contribution in [2.75, 3.05) is 6.54 Å². The Balaban J connectivity index is 2.10. The molecule has 0 aromatic carbocycles. The zero-order valence-electron chi connectivity index (χ0n) is 8.25. The summed E-state index contributed by atoms with van der Waals surface area (Å²) in [6.45, 7) is 1.91. The number of thiophene rings is 1. The number of hydrogen-bond donors (Lipinski definition) is 0. The summed E-state index contributed by atoms with van der Waals surface area (Å²) < 4.78 is 2.95. The molecule has 3 rings (SSSR count). The predicted octanol–water partition coefficient (Wildman–Crippen LogP) is 2.74. The molecule has 3 heterocycles. The highest BCUT2D eigenvalue weighted by molar-refractivity contribution is 7.16. The quantitative estimate of drug-likeness (QED) is 0.639. The van der Waals surface area contributed by atoms with Crippen LogP contribution in [0.1, 0.15) is 34.5 Å². The molecule has 0 radical (unpaired) electrons. The van der Waals surface area contributed by atoms with Gasteiger partial charge in [-0.15, -0.1) is 11.3 Å². The van der Waals surface area contributed by atoms with Crippen molar-refractivity contribution in [3.8, 4) is 0 Å². The average molecular weight is 241 g/mol. The van der Waals surface area contributed by atoms with Crippen molar-refractivity contribution in [1.29, 1.82) is 0 Å². The van der Waals surface area contributed by atoms with Gasteiger partial charge in [-0.2, -0.15) is 0 Å². The Kier molecular flexibility index (Phi) is 2.18. The largest absolute Gasteiger partial charge is 0.282 e. The number of carbonyl (C=O) groups is 1. The van der Waals surface area contributed by atoms with E-state index in [1.807, 2.05) is 6.07 Å². The Morgan fingerprint density at radius 1 is 1.40 bits per heavy atom. The molecule has 0 fully saturated rings. The van der Waals surface area contributed by atoms with E-state index in [9.17, 15) is 4.79 Å². The second-order valence-corrected chi connectivity index (χ2v) is 5.81. The normalized spacial score (nSPS) is 20.2. The van der Waals surface area contributed by atoms with Crippen LogP contribution in [-0.4, -0.2) is 22.6 Å². The highest BCUT2D eigenvalue weighted by Gasteiger charge is 2.35. The Morgan fingerprint density at radius 2 is 2.27 bits per heavy atom. The molecule has 0 saturated heterocycles. The monoisotopic (exact) mass is 240 g/mol. The van der Waals surface area contributed by atoms with Gasteiger partial charge >= 0.3 is 0 Å². The van der Waals surface area contributed by atoms with Crippen LogP contribution in [-0.2, 0) is 6.54 Å². The number of fused-ring (bicyclic) bond motifs is 1. The molecule has 15 heavy (non-hydrogen) atoms. The molecule has 0 bridgehead atoms. The minimum absolute atomic E-state index is 0.208. The van der Waals surface area contributed by atoms with Crippen molar-refractivity contribution < 1.29 is 9.37 Å². The lowest BCUT2D eigenvalue weighted by molar-refractivity contribution is -0.548. The topological polar surface area (TPSA) is 20.1 Å². The Labute approximate surface area is 97.2 Å². The van der Waals surface area contributed by atoms with Crippen LogP contribution in [0.15, 0.2) is 6.07 Å². The molecule has 1 aromatic rings. The Bertz CT molecular complexity index is 475. The van der Waals surface area contributed by atoms with Gasteiger partial charge in [-0.25, -0.2) is 4.58 Å². The predicted molar refractivity (Wildman–Crippen MR) is 61.3 cm³/mol. The van der Waals surface area contributed by atoms with Crippen molar-refractivity contribution in [2.45, 2.75) is 25.8 Å². The summed E-state index contributed by atoms with van der Waals surface area (Å²) in [5.41, 5.74) is 1.85. The average Bonchev–Trinajstić information content (AvgIpc) is 2.59. The number of halogens is 1. The van der Waals surface area contributed by atoms with Gasteiger partial charge in [0.25, 0.3) is 5.78 Å². The second kappa shape index (κ2) is 3.42. The van der Waals surface area contributed by atoms with Crippen molar-refractivity contribution in [3.05, 3.63) is 20.8 Å². The molecule has 0 aliphatic carbocycles. The molecule has 0 amide bonds. The molecule has 4 heteroatoms. The van der Waals surface area contributed by atoms with Gasteiger partial charge < -0.3 is 0 Å². The van der Waals surface area contributed by atoms with Crippen LogP contribution in [0.3, 0.4) is 0 Å². The standard InChI is InChI=1S/C11H11ClNOS/c12-10-5-7-9(15-10)6-13-4-2-1-3-8(13)11(7)14/h5H,1-4,6H2/q+1. The summed E-state index contributed by atoms with van der Waals surface area (Å²) >= 11 is 7.49. The van der Waals surface area contributed by atoms with Gasteiger partial charge in [0.1, 0.15) is 6.54 Å². The molecule has 1 aromatic heterocycles. The molecular weight excluding hydrogens is 230 g/mol. The van der Waals surface area contributed by atoms with E-state index in [0.29, 0.717) is 0 Å². The third kappa shape index (κ3) is 1.45. The fraction of sp³-hybridized carbons (Fsp3) is 0.455. The first-order valence-electron chi connectivity index (χ1n) is 5.19. The summed E-state index contributed by atoms with van der Waals surface area (Å²) in [5.74, 6) is 0.208. The van der Waals surface area contributed by atoms with E-state index in [1.165, 1.54) is 17.8 Å². The van der Waals surface area contributed by atoms with Gasteiger partial charge in [-0.1, -0.05) is 11.6 Å². The summed E-state index contributed by atoms with van der Waals surface area (Å²) in [6, 6.07) is 1.82. The molecular formula is C11H11ClNOS+. The highest BCUT2D eigenvalue weighted by Crippen LogP contribution is 2.31. The summed E-state index contributed by atoms with van der Waals surface area (Å²) in [6.07, 6.45) is 3.28. The first-order chi connectivity index (χ1) is 7.25. The minimum atomic E-state index is 0.208. The van der Waals surface area contributed by atoms with Crippen molar-refractivity contribution in [3.63, 3.8) is 0 Å². The summed E-state index contributed by atoms with van der Waals surface area (Å²) in [5, 5.41) is 0. The highest BCUT2D eigenvalue weighted by atomic mass is 35.5. The number of ketones is 1. The smallest absolute Gasteiger partial charge is 0.253 e. The Hall–Kier alpha value is -0.670. The van der Waals surface area contributed by atoms with E-state index in [-0.39, 0.29) is 5.78 Å². The van der Waals surface area contributed by atoms with Gasteiger partial charge in [-0.05, 0) is 12.5 Å². The van der Waals surface area contributed by atoms with Gasteiger partial charge in [0, 0.05) is 12.8 Å². The fourth-order valence-electron chi connectivity index (χ4n) is 2.35. The first-order valence-corrected chi connectivity index (χ1v) is 6.39. The van der Waals surface area contributed by atoms with Crippen LogP contribution in [0.4, 0.5) is 0 Å². The third-order valence-electron chi connectivity index (χ3n) is 3.09. The van der Waals surface area contributed by atoms with Gasteiger partial charge in [0.05, 0.1) is 14.8 Å². The molecule has 0 atom stereocenters. The minimum Gasteiger partial charge on any atom is -0.282 e. The number of Topliss-reactive ketones (excluding diaryl/α,β-unsaturated/α-hetero) is 1. The zero-order valence-corrected chi connectivity index (χ0v) is 9.83. The van der Waals surface area contributed by atoms with Gasteiger partial charge in [-0.3, -0.25) is 4.79 Å². The van der Waals surface area contributed by atoms with E-state index < -0.39 is 0 Å². The summed E-state index contributed by atoms with van der Waals surface area (Å²) in [7, 11) is 0. The van der Waals surface area contributed by atoms with E-state index >= 15 is 0 Å². The van der Waals surface area contributed by atoms with Crippen molar-refractivity contribution >= 4 is 34.4 Å². The molecule has 0 spiro atoms. The molecule has 0 N–H and O–H groups in total. The molecule has 2 aliphatic rings. The van der Waals surface area contributed by atoms with Crippen LogP contribution in [0, 0.1) is 0 Å². The van der Waals surface area contributed by atoms with Crippen molar-refractivity contribution in [1.82, 2.24) is 0 Å². The SMILES string of the molecule is O=C1C2=[N+](CCCC2)Cc2sc(Cl)cc21. The Morgan fingerprint density at radius 3 is 3.13 bits per heavy atom. The number of hydrogen-bond acceptors (Lipinski definition) is 2. The molecule has 0 saturated carbocycles. The zero-order chi connectivity index (χ0) is 10.4. The number of carbonyl (C=O) groups excluding carboxylic acids is 1. The molecule has 2 nitrogen and oxygen atoms in total. The van der Waals surface area contributed by atoms with Crippen LogP contribution < -0.4 is 0 Å². The lowest BCUT2D eigenvalue weighted by Gasteiger charge is -2.17. The second-order valence-electron chi connectivity index (χ2n) is 4.04. The maximum Gasteiger partial charge on any atom is 0.253 e. The van der Waals surface area contributed by atoms with E-state index in [2.05, 4.69) is 4.58 Å². The van der Waals surface area contributed by atoms with Crippen LogP contribution >= 0.6 is 22.9 Å². The summed E-state index contributed by atoms with van der Waals surface area (Å²) in [4.78, 5) is 13.3. The third-order valence-corrected chi connectivity index (χ3v) is 4.34. The lowest BCUT2D eigenvalue weighted by atomic mass is 9.96. The van der Waals surface area contributed by atoms with E-state index in [0.717, 1.165) is 46.4 Å². The van der Waals surface area contributed by atoms with Crippen molar-refractivity contribution in [2.24, 2.45) is 0 Å². The van der Waals surface area contributed by atoms with Crippen LogP contribution in [0.25, 0.3) is 0 Å². The van der Waals surface area contributed by atoms with E-state index in [4.69, 9.17) is 11.6 Å².